The van der Waals surface area contributed by atoms with E-state index in [1.807, 2.05) is 30.3 Å². The Morgan fingerprint density at radius 1 is 1.29 bits per heavy atom. The lowest BCUT2D eigenvalue weighted by Gasteiger charge is -2.11. The molecule has 0 radical (unpaired) electrons. The van der Waals surface area contributed by atoms with Crippen LogP contribution in [0.2, 0.25) is 0 Å². The maximum absolute atomic E-state index is 11.5. The fourth-order valence-corrected chi connectivity index (χ4v) is 1.30. The summed E-state index contributed by atoms with van der Waals surface area (Å²) in [4.78, 5) is 22.2. The van der Waals surface area contributed by atoms with Crippen molar-refractivity contribution in [2.24, 2.45) is 5.73 Å². The Labute approximate surface area is 98.8 Å². The number of rotatable bonds is 5. The third-order valence-electron chi connectivity index (χ3n) is 2.18. The predicted molar refractivity (Wildman–Crippen MR) is 61.1 cm³/mol. The Morgan fingerprint density at radius 3 is 2.53 bits per heavy atom. The van der Waals surface area contributed by atoms with Gasteiger partial charge in [0.15, 0.2) is 0 Å². The highest BCUT2D eigenvalue weighted by Gasteiger charge is 2.14. The Kier molecular flexibility index (Phi) is 5.12. The van der Waals surface area contributed by atoms with Crippen molar-refractivity contribution in [1.82, 2.24) is 10.8 Å². The minimum Gasteiger partial charge on any atom is -0.346 e. The summed E-state index contributed by atoms with van der Waals surface area (Å²) in [6.07, 6.45) is 0.396. The number of benzene rings is 1. The first kappa shape index (κ1) is 13.1. The average molecular weight is 237 g/mol. The topological polar surface area (TPSA) is 104 Å². The van der Waals surface area contributed by atoms with Gasteiger partial charge in [-0.1, -0.05) is 30.3 Å². The molecule has 1 aromatic rings. The molecule has 0 saturated carbocycles. The molecule has 0 unspecified atom stereocenters. The van der Waals surface area contributed by atoms with Crippen LogP contribution in [0.3, 0.4) is 0 Å². The lowest BCUT2D eigenvalue weighted by Crippen LogP contribution is -2.45. The average Bonchev–Trinajstić information content (AvgIpc) is 2.36. The Balaban J connectivity index is 2.40. The van der Waals surface area contributed by atoms with Gasteiger partial charge in [-0.05, 0) is 12.0 Å². The lowest BCUT2D eigenvalue weighted by atomic mass is 10.1. The smallest absolute Gasteiger partial charge is 0.262 e. The summed E-state index contributed by atoms with van der Waals surface area (Å²) in [5, 5.41) is 10.6. The Morgan fingerprint density at radius 2 is 1.94 bits per heavy atom. The van der Waals surface area contributed by atoms with E-state index in [0.717, 1.165) is 5.56 Å². The number of nitrogens with one attached hydrogen (secondary N) is 2. The van der Waals surface area contributed by atoms with E-state index in [0.29, 0.717) is 6.42 Å². The van der Waals surface area contributed by atoms with Crippen molar-refractivity contribution in [1.29, 1.82) is 0 Å². The van der Waals surface area contributed by atoms with Crippen molar-refractivity contribution in [3.63, 3.8) is 0 Å². The van der Waals surface area contributed by atoms with Gasteiger partial charge in [0.2, 0.25) is 5.91 Å². The molecule has 1 aromatic carbocycles. The van der Waals surface area contributed by atoms with Gasteiger partial charge in [0.05, 0.1) is 12.6 Å². The number of hydroxylamine groups is 1. The minimum absolute atomic E-state index is 0.294. The molecule has 0 spiro atoms. The quantitative estimate of drug-likeness (QED) is 0.396. The molecule has 0 aliphatic carbocycles. The molecular formula is C11H15N3O3. The molecule has 0 aliphatic rings. The molecule has 6 heteroatoms. The summed E-state index contributed by atoms with van der Waals surface area (Å²) in [7, 11) is 0. The summed E-state index contributed by atoms with van der Waals surface area (Å²) in [6.45, 7) is -0.294. The van der Waals surface area contributed by atoms with Gasteiger partial charge in [0.25, 0.3) is 5.91 Å². The van der Waals surface area contributed by atoms with Crippen LogP contribution in [0, 0.1) is 0 Å². The SMILES string of the molecule is N[C@@H](Cc1ccccc1)C(=O)NCC(=O)NO. The Bertz CT molecular complexity index is 381. The summed E-state index contributed by atoms with van der Waals surface area (Å²) >= 11 is 0. The standard InChI is InChI=1S/C11H15N3O3/c12-9(6-8-4-2-1-3-5-8)11(16)13-7-10(15)14-17/h1-5,9,17H,6-7,12H2,(H,13,16)(H,14,15)/t9-/m0/s1. The molecule has 17 heavy (non-hydrogen) atoms. The van der Waals surface area contributed by atoms with Crippen molar-refractivity contribution in [2.45, 2.75) is 12.5 Å². The fraction of sp³-hybridized carbons (Fsp3) is 0.273. The van der Waals surface area contributed by atoms with Crippen molar-refractivity contribution in [2.75, 3.05) is 6.54 Å². The molecule has 5 N–H and O–H groups in total. The number of hydrogen-bond acceptors (Lipinski definition) is 4. The van der Waals surface area contributed by atoms with Crippen LogP contribution in [0.1, 0.15) is 5.56 Å². The van der Waals surface area contributed by atoms with Gasteiger partial charge < -0.3 is 11.1 Å². The second kappa shape index (κ2) is 6.62. The van der Waals surface area contributed by atoms with E-state index in [4.69, 9.17) is 10.9 Å². The van der Waals surface area contributed by atoms with E-state index in [-0.39, 0.29) is 6.54 Å². The molecule has 0 bridgehead atoms. The van der Waals surface area contributed by atoms with E-state index in [1.165, 1.54) is 5.48 Å². The van der Waals surface area contributed by atoms with Gasteiger partial charge in [-0.25, -0.2) is 5.48 Å². The summed E-state index contributed by atoms with van der Waals surface area (Å²) in [6, 6.07) is 8.61. The van der Waals surface area contributed by atoms with Gasteiger partial charge in [-0.2, -0.15) is 0 Å². The summed E-state index contributed by atoms with van der Waals surface area (Å²) in [5.41, 5.74) is 8.03. The zero-order chi connectivity index (χ0) is 12.7. The van der Waals surface area contributed by atoms with E-state index < -0.39 is 17.9 Å². The third-order valence-corrected chi connectivity index (χ3v) is 2.18. The first-order valence-electron chi connectivity index (χ1n) is 5.13. The third kappa shape index (κ3) is 4.62. The van der Waals surface area contributed by atoms with Crippen LogP contribution in [-0.4, -0.2) is 29.6 Å². The first-order valence-corrected chi connectivity index (χ1v) is 5.13. The van der Waals surface area contributed by atoms with Crippen molar-refractivity contribution < 1.29 is 14.8 Å². The van der Waals surface area contributed by atoms with Crippen molar-refractivity contribution in [3.05, 3.63) is 35.9 Å². The maximum Gasteiger partial charge on any atom is 0.262 e. The number of nitrogens with two attached hydrogens (primary N) is 1. The molecule has 2 amide bonds. The molecule has 0 aliphatic heterocycles. The van der Waals surface area contributed by atoms with E-state index in [9.17, 15) is 9.59 Å². The van der Waals surface area contributed by atoms with Gasteiger partial charge in [0, 0.05) is 0 Å². The van der Waals surface area contributed by atoms with Crippen LogP contribution in [0.4, 0.5) is 0 Å². The number of hydrogen-bond donors (Lipinski definition) is 4. The van der Waals surface area contributed by atoms with E-state index in [1.54, 1.807) is 0 Å². The monoisotopic (exact) mass is 237 g/mol. The highest BCUT2D eigenvalue weighted by Crippen LogP contribution is 2.01. The van der Waals surface area contributed by atoms with Crippen molar-refractivity contribution in [3.8, 4) is 0 Å². The molecular weight excluding hydrogens is 222 g/mol. The van der Waals surface area contributed by atoms with Crippen LogP contribution in [0.25, 0.3) is 0 Å². The highest BCUT2D eigenvalue weighted by molar-refractivity contribution is 5.87. The molecule has 0 heterocycles. The summed E-state index contributed by atoms with van der Waals surface area (Å²) in [5.74, 6) is -1.12. The zero-order valence-corrected chi connectivity index (χ0v) is 9.22. The van der Waals surface area contributed by atoms with Crippen LogP contribution in [0.5, 0.6) is 0 Å². The normalized spacial score (nSPS) is 11.6. The van der Waals surface area contributed by atoms with E-state index in [2.05, 4.69) is 5.32 Å². The number of amides is 2. The second-order valence-corrected chi connectivity index (χ2v) is 3.55. The predicted octanol–water partition coefficient (Wildman–Crippen LogP) is -0.822. The first-order chi connectivity index (χ1) is 8.13. The zero-order valence-electron chi connectivity index (χ0n) is 9.22. The lowest BCUT2D eigenvalue weighted by molar-refractivity contribution is -0.131. The van der Waals surface area contributed by atoms with E-state index >= 15 is 0 Å². The van der Waals surface area contributed by atoms with Crippen LogP contribution < -0.4 is 16.5 Å². The molecule has 0 aromatic heterocycles. The molecule has 1 atom stereocenters. The van der Waals surface area contributed by atoms with Gasteiger partial charge in [-0.15, -0.1) is 0 Å². The number of carbonyl (C=O) groups excluding carboxylic acids is 2. The van der Waals surface area contributed by atoms with Gasteiger partial charge in [0.1, 0.15) is 0 Å². The summed E-state index contributed by atoms with van der Waals surface area (Å²) < 4.78 is 0. The molecule has 0 fully saturated rings. The molecule has 1 rings (SSSR count). The highest BCUT2D eigenvalue weighted by atomic mass is 16.5. The fourth-order valence-electron chi connectivity index (χ4n) is 1.30. The van der Waals surface area contributed by atoms with Crippen molar-refractivity contribution >= 4 is 11.8 Å². The second-order valence-electron chi connectivity index (χ2n) is 3.55. The molecule has 0 saturated heterocycles. The molecule has 6 nitrogen and oxygen atoms in total. The molecule has 92 valence electrons. The van der Waals surface area contributed by atoms with Gasteiger partial charge >= 0.3 is 0 Å². The van der Waals surface area contributed by atoms with Gasteiger partial charge in [-0.3, -0.25) is 14.8 Å². The number of carbonyl (C=O) groups is 2. The Hall–Kier alpha value is -1.92. The largest absolute Gasteiger partial charge is 0.346 e. The minimum atomic E-state index is -0.719. The van der Waals surface area contributed by atoms with Crippen LogP contribution in [-0.2, 0) is 16.0 Å². The van der Waals surface area contributed by atoms with Crippen LogP contribution >= 0.6 is 0 Å². The maximum atomic E-state index is 11.5. The van der Waals surface area contributed by atoms with Crippen LogP contribution in [0.15, 0.2) is 30.3 Å².